The summed E-state index contributed by atoms with van der Waals surface area (Å²) in [5.74, 6) is -1.19. The summed E-state index contributed by atoms with van der Waals surface area (Å²) in [7, 11) is 0. The van der Waals surface area contributed by atoms with E-state index in [4.69, 9.17) is 10.9 Å². The second kappa shape index (κ2) is 6.34. The molecule has 7 heteroatoms. The fraction of sp³-hybridized carbons (Fsp3) is 0.500. The van der Waals surface area contributed by atoms with Crippen LogP contribution in [0, 0.1) is 5.92 Å². The van der Waals surface area contributed by atoms with E-state index in [-0.39, 0.29) is 18.7 Å². The van der Waals surface area contributed by atoms with E-state index in [1.165, 1.54) is 0 Å². The highest BCUT2D eigenvalue weighted by molar-refractivity contribution is 5.98. The minimum Gasteiger partial charge on any atom is -0.409 e. The Morgan fingerprint density at radius 3 is 2.48 bits per heavy atom. The van der Waals surface area contributed by atoms with Gasteiger partial charge in [0.1, 0.15) is 0 Å². The van der Waals surface area contributed by atoms with Crippen LogP contribution >= 0.6 is 0 Å². The summed E-state index contributed by atoms with van der Waals surface area (Å²) in [4.78, 5) is 1.96. The molecule has 1 heterocycles. The van der Waals surface area contributed by atoms with Crippen LogP contribution in [0.25, 0.3) is 0 Å². The van der Waals surface area contributed by atoms with Crippen molar-refractivity contribution in [2.45, 2.75) is 25.6 Å². The van der Waals surface area contributed by atoms with Crippen LogP contribution in [-0.4, -0.2) is 35.2 Å². The molecule has 0 aromatic heterocycles. The number of hydrogen-bond donors (Lipinski definition) is 2. The van der Waals surface area contributed by atoms with Crippen molar-refractivity contribution in [3.63, 3.8) is 0 Å². The van der Waals surface area contributed by atoms with Crippen molar-refractivity contribution in [3.8, 4) is 0 Å². The van der Waals surface area contributed by atoms with Crippen LogP contribution in [0.15, 0.2) is 29.4 Å². The van der Waals surface area contributed by atoms with E-state index in [1.807, 2.05) is 17.0 Å². The Bertz CT molecular complexity index is 508. The lowest BCUT2D eigenvalue weighted by Gasteiger charge is -2.33. The van der Waals surface area contributed by atoms with Gasteiger partial charge in [0.2, 0.25) is 0 Å². The SMILES string of the molecule is NC(=NO)c1ccccc1CN1CCC(C(F)(F)F)CC1. The monoisotopic (exact) mass is 301 g/mol. The van der Waals surface area contributed by atoms with Gasteiger partial charge in [0, 0.05) is 12.1 Å². The molecule has 0 radical (unpaired) electrons. The zero-order chi connectivity index (χ0) is 15.5. The van der Waals surface area contributed by atoms with Gasteiger partial charge in [-0.25, -0.2) is 0 Å². The molecular weight excluding hydrogens is 283 g/mol. The summed E-state index contributed by atoms with van der Waals surface area (Å²) in [5.41, 5.74) is 7.07. The molecule has 4 nitrogen and oxygen atoms in total. The zero-order valence-corrected chi connectivity index (χ0v) is 11.5. The van der Waals surface area contributed by atoms with E-state index in [0.717, 1.165) is 5.56 Å². The molecule has 0 spiro atoms. The topological polar surface area (TPSA) is 61.9 Å². The van der Waals surface area contributed by atoms with Crippen molar-refractivity contribution in [3.05, 3.63) is 35.4 Å². The van der Waals surface area contributed by atoms with Gasteiger partial charge in [-0.3, -0.25) is 4.90 Å². The van der Waals surface area contributed by atoms with Gasteiger partial charge in [0.15, 0.2) is 5.84 Å². The number of oxime groups is 1. The van der Waals surface area contributed by atoms with E-state index in [0.29, 0.717) is 25.2 Å². The standard InChI is InChI=1S/C14H18F3N3O/c15-14(16,17)11-5-7-20(8-6-11)9-10-3-1-2-4-12(10)13(18)19-21/h1-4,11,21H,5-9H2,(H2,18,19). The summed E-state index contributed by atoms with van der Waals surface area (Å²) < 4.78 is 37.9. The first-order valence-electron chi connectivity index (χ1n) is 6.76. The Morgan fingerprint density at radius 2 is 1.90 bits per heavy atom. The van der Waals surface area contributed by atoms with Gasteiger partial charge in [-0.05, 0) is 31.5 Å². The van der Waals surface area contributed by atoms with E-state index in [9.17, 15) is 13.2 Å². The lowest BCUT2D eigenvalue weighted by atomic mass is 9.95. The number of nitrogens with two attached hydrogens (primary N) is 1. The lowest BCUT2D eigenvalue weighted by molar-refractivity contribution is -0.185. The highest BCUT2D eigenvalue weighted by atomic mass is 19.4. The number of benzene rings is 1. The Labute approximate surface area is 121 Å². The Morgan fingerprint density at radius 1 is 1.29 bits per heavy atom. The average molecular weight is 301 g/mol. The molecule has 21 heavy (non-hydrogen) atoms. The predicted molar refractivity (Wildman–Crippen MR) is 73.0 cm³/mol. The number of hydrogen-bond acceptors (Lipinski definition) is 3. The quantitative estimate of drug-likeness (QED) is 0.390. The molecular formula is C14H18F3N3O. The van der Waals surface area contributed by atoms with Gasteiger partial charge < -0.3 is 10.9 Å². The zero-order valence-electron chi connectivity index (χ0n) is 11.5. The highest BCUT2D eigenvalue weighted by Gasteiger charge is 2.40. The fourth-order valence-electron chi connectivity index (χ4n) is 2.62. The molecule has 2 rings (SSSR count). The molecule has 1 aliphatic rings. The highest BCUT2D eigenvalue weighted by Crippen LogP contribution is 2.34. The normalized spacial score (nSPS) is 18.9. The van der Waals surface area contributed by atoms with Crippen LogP contribution in [0.1, 0.15) is 24.0 Å². The smallest absolute Gasteiger partial charge is 0.391 e. The molecule has 1 aromatic carbocycles. The largest absolute Gasteiger partial charge is 0.409 e. The molecule has 116 valence electrons. The number of likely N-dealkylation sites (tertiary alicyclic amines) is 1. The van der Waals surface area contributed by atoms with Gasteiger partial charge in [-0.15, -0.1) is 0 Å². The van der Waals surface area contributed by atoms with E-state index in [2.05, 4.69) is 5.16 Å². The molecule has 1 aliphatic heterocycles. The van der Waals surface area contributed by atoms with Crippen LogP contribution in [-0.2, 0) is 6.54 Å². The lowest BCUT2D eigenvalue weighted by Crippen LogP contribution is -2.38. The molecule has 0 saturated carbocycles. The predicted octanol–water partition coefficient (Wildman–Crippen LogP) is 2.56. The molecule has 1 aromatic rings. The third-order valence-electron chi connectivity index (χ3n) is 3.85. The summed E-state index contributed by atoms with van der Waals surface area (Å²) in [6.45, 7) is 1.29. The minimum atomic E-state index is -4.10. The van der Waals surface area contributed by atoms with Crippen molar-refractivity contribution < 1.29 is 18.4 Å². The second-order valence-corrected chi connectivity index (χ2v) is 5.23. The summed E-state index contributed by atoms with van der Waals surface area (Å²) in [6.07, 6.45) is -3.86. The summed E-state index contributed by atoms with van der Waals surface area (Å²) in [6, 6.07) is 7.16. The Hall–Kier alpha value is -1.76. The number of amidine groups is 1. The third kappa shape index (κ3) is 3.87. The van der Waals surface area contributed by atoms with Crippen molar-refractivity contribution >= 4 is 5.84 Å². The Balaban J connectivity index is 2.02. The van der Waals surface area contributed by atoms with Crippen LogP contribution in [0.4, 0.5) is 13.2 Å². The van der Waals surface area contributed by atoms with Crippen molar-refractivity contribution in [1.82, 2.24) is 4.90 Å². The van der Waals surface area contributed by atoms with E-state index in [1.54, 1.807) is 12.1 Å². The van der Waals surface area contributed by atoms with Gasteiger partial charge in [-0.1, -0.05) is 29.4 Å². The first-order chi connectivity index (χ1) is 9.91. The second-order valence-electron chi connectivity index (χ2n) is 5.23. The maximum atomic E-state index is 12.6. The molecule has 0 amide bonds. The number of rotatable bonds is 3. The van der Waals surface area contributed by atoms with Crippen molar-refractivity contribution in [2.75, 3.05) is 13.1 Å². The molecule has 0 aliphatic carbocycles. The molecule has 1 saturated heterocycles. The maximum Gasteiger partial charge on any atom is 0.391 e. The summed E-state index contributed by atoms with van der Waals surface area (Å²) in [5, 5.41) is 11.8. The fourth-order valence-corrected chi connectivity index (χ4v) is 2.62. The molecule has 1 fully saturated rings. The Kier molecular flexibility index (Phi) is 4.72. The van der Waals surface area contributed by atoms with Gasteiger partial charge in [-0.2, -0.15) is 13.2 Å². The van der Waals surface area contributed by atoms with Gasteiger partial charge in [0.05, 0.1) is 5.92 Å². The van der Waals surface area contributed by atoms with Crippen LogP contribution in [0.2, 0.25) is 0 Å². The van der Waals surface area contributed by atoms with Gasteiger partial charge >= 0.3 is 6.18 Å². The van der Waals surface area contributed by atoms with Crippen LogP contribution in [0.3, 0.4) is 0 Å². The van der Waals surface area contributed by atoms with Crippen LogP contribution < -0.4 is 5.73 Å². The minimum absolute atomic E-state index is 0.00998. The maximum absolute atomic E-state index is 12.6. The van der Waals surface area contributed by atoms with Crippen LogP contribution in [0.5, 0.6) is 0 Å². The van der Waals surface area contributed by atoms with Gasteiger partial charge in [0.25, 0.3) is 0 Å². The van der Waals surface area contributed by atoms with E-state index < -0.39 is 12.1 Å². The van der Waals surface area contributed by atoms with E-state index >= 15 is 0 Å². The number of piperidine rings is 1. The molecule has 3 N–H and O–H groups in total. The molecule has 0 unspecified atom stereocenters. The van der Waals surface area contributed by atoms with Crippen molar-refractivity contribution in [2.24, 2.45) is 16.8 Å². The molecule has 0 bridgehead atoms. The summed E-state index contributed by atoms with van der Waals surface area (Å²) >= 11 is 0. The average Bonchev–Trinajstić information content (AvgIpc) is 2.46. The first kappa shape index (κ1) is 15.6. The number of alkyl halides is 3. The third-order valence-corrected chi connectivity index (χ3v) is 3.85. The number of nitrogens with zero attached hydrogens (tertiary/aromatic N) is 2. The number of halogens is 3. The first-order valence-corrected chi connectivity index (χ1v) is 6.76. The molecule has 0 atom stereocenters. The van der Waals surface area contributed by atoms with Crippen molar-refractivity contribution in [1.29, 1.82) is 0 Å².